The number of sulfone groups is 1. The summed E-state index contributed by atoms with van der Waals surface area (Å²) in [6.45, 7) is 0. The summed E-state index contributed by atoms with van der Waals surface area (Å²) in [6, 6.07) is 15.2. The molecule has 0 aliphatic rings. The summed E-state index contributed by atoms with van der Waals surface area (Å²) >= 11 is 3.37. The predicted octanol–water partition coefficient (Wildman–Crippen LogP) is 3.50. The summed E-state index contributed by atoms with van der Waals surface area (Å²) in [6.07, 6.45) is 1.13. The zero-order chi connectivity index (χ0) is 18.0. The summed E-state index contributed by atoms with van der Waals surface area (Å²) in [7, 11) is -3.26. The Hall–Kier alpha value is -2.45. The molecular weight excluding hydrogens is 406 g/mol. The van der Waals surface area contributed by atoms with Gasteiger partial charge in [-0.3, -0.25) is 9.89 Å². The maximum atomic E-state index is 12.3. The van der Waals surface area contributed by atoms with Crippen LogP contribution in [0.1, 0.15) is 10.5 Å². The van der Waals surface area contributed by atoms with Crippen molar-refractivity contribution in [1.82, 2.24) is 10.2 Å². The number of carbonyl (C=O) groups is 1. The minimum atomic E-state index is -3.26. The maximum Gasteiger partial charge on any atom is 0.273 e. The van der Waals surface area contributed by atoms with Crippen LogP contribution in [0.3, 0.4) is 0 Å². The summed E-state index contributed by atoms with van der Waals surface area (Å²) in [5, 5.41) is 9.55. The standard InChI is InChI=1S/C17H14BrN3O3S/c1-25(23,24)14-8-6-13(7-9-14)19-17(22)16-10-15(20-21-16)11-2-4-12(18)5-3-11/h2-10H,1H3,(H,19,22)(H,20,21). The van der Waals surface area contributed by atoms with Crippen molar-refractivity contribution in [3.63, 3.8) is 0 Å². The molecule has 0 spiro atoms. The van der Waals surface area contributed by atoms with Gasteiger partial charge in [-0.05, 0) is 42.5 Å². The quantitative estimate of drug-likeness (QED) is 0.676. The number of aromatic nitrogens is 2. The number of hydrogen-bond donors (Lipinski definition) is 2. The van der Waals surface area contributed by atoms with E-state index in [-0.39, 0.29) is 10.8 Å². The molecular formula is C17H14BrN3O3S. The molecule has 0 atom stereocenters. The second-order valence-electron chi connectivity index (χ2n) is 5.42. The lowest BCUT2D eigenvalue weighted by Gasteiger charge is -2.04. The minimum absolute atomic E-state index is 0.199. The van der Waals surface area contributed by atoms with Crippen molar-refractivity contribution in [1.29, 1.82) is 0 Å². The first-order valence-corrected chi connectivity index (χ1v) is 9.94. The van der Waals surface area contributed by atoms with Crippen molar-refractivity contribution >= 4 is 37.4 Å². The third-order valence-electron chi connectivity index (χ3n) is 3.50. The van der Waals surface area contributed by atoms with E-state index in [1.54, 1.807) is 18.2 Å². The Balaban J connectivity index is 1.75. The van der Waals surface area contributed by atoms with E-state index in [0.717, 1.165) is 16.3 Å². The van der Waals surface area contributed by atoms with Gasteiger partial charge in [-0.25, -0.2) is 8.42 Å². The lowest BCUT2D eigenvalue weighted by Crippen LogP contribution is -2.12. The van der Waals surface area contributed by atoms with Crippen molar-refractivity contribution in [2.45, 2.75) is 4.90 Å². The molecule has 8 heteroatoms. The van der Waals surface area contributed by atoms with Gasteiger partial charge in [0, 0.05) is 22.0 Å². The molecule has 3 rings (SSSR count). The first-order chi connectivity index (χ1) is 11.8. The van der Waals surface area contributed by atoms with Crippen LogP contribution in [0.15, 0.2) is 64.0 Å². The number of rotatable bonds is 4. The Morgan fingerprint density at radius 2 is 1.72 bits per heavy atom. The first-order valence-electron chi connectivity index (χ1n) is 7.26. The van der Waals surface area contributed by atoms with Crippen molar-refractivity contribution < 1.29 is 13.2 Å². The van der Waals surface area contributed by atoms with E-state index in [9.17, 15) is 13.2 Å². The van der Waals surface area contributed by atoms with E-state index in [1.165, 1.54) is 12.1 Å². The van der Waals surface area contributed by atoms with Crippen LogP contribution in [0.4, 0.5) is 5.69 Å². The van der Waals surface area contributed by atoms with Crippen LogP contribution in [0.2, 0.25) is 0 Å². The molecule has 6 nitrogen and oxygen atoms in total. The third-order valence-corrected chi connectivity index (χ3v) is 5.16. The average Bonchev–Trinajstić information content (AvgIpc) is 3.05. The third kappa shape index (κ3) is 4.15. The average molecular weight is 420 g/mol. The highest BCUT2D eigenvalue weighted by molar-refractivity contribution is 9.10. The smallest absolute Gasteiger partial charge is 0.273 e. The molecule has 0 aliphatic carbocycles. The first kappa shape index (κ1) is 17.4. The van der Waals surface area contributed by atoms with Crippen LogP contribution >= 0.6 is 15.9 Å². The van der Waals surface area contributed by atoms with Crippen LogP contribution in [0.25, 0.3) is 11.3 Å². The van der Waals surface area contributed by atoms with E-state index < -0.39 is 9.84 Å². The monoisotopic (exact) mass is 419 g/mol. The van der Waals surface area contributed by atoms with Gasteiger partial charge < -0.3 is 5.32 Å². The molecule has 2 N–H and O–H groups in total. The largest absolute Gasteiger partial charge is 0.321 e. The fraction of sp³-hybridized carbons (Fsp3) is 0.0588. The molecule has 0 bridgehead atoms. The van der Waals surface area contributed by atoms with Gasteiger partial charge in [0.1, 0.15) is 5.69 Å². The number of carbonyl (C=O) groups excluding carboxylic acids is 1. The molecule has 0 fully saturated rings. The molecule has 1 heterocycles. The fourth-order valence-corrected chi connectivity index (χ4v) is 3.09. The normalized spacial score (nSPS) is 11.3. The molecule has 25 heavy (non-hydrogen) atoms. The molecule has 1 amide bonds. The zero-order valence-electron chi connectivity index (χ0n) is 13.2. The minimum Gasteiger partial charge on any atom is -0.321 e. The summed E-state index contributed by atoms with van der Waals surface area (Å²) < 4.78 is 23.8. The van der Waals surface area contributed by atoms with Gasteiger partial charge in [0.25, 0.3) is 5.91 Å². The van der Waals surface area contributed by atoms with E-state index in [1.807, 2.05) is 24.3 Å². The molecule has 0 radical (unpaired) electrons. The van der Waals surface area contributed by atoms with E-state index in [4.69, 9.17) is 0 Å². The van der Waals surface area contributed by atoms with Gasteiger partial charge in [-0.2, -0.15) is 5.10 Å². The predicted molar refractivity (Wildman–Crippen MR) is 99.2 cm³/mol. The molecule has 0 aliphatic heterocycles. The number of anilines is 1. The van der Waals surface area contributed by atoms with E-state index in [2.05, 4.69) is 31.4 Å². The number of nitrogens with zero attached hydrogens (tertiary/aromatic N) is 1. The summed E-state index contributed by atoms with van der Waals surface area (Å²) in [4.78, 5) is 12.5. The van der Waals surface area contributed by atoms with Gasteiger partial charge >= 0.3 is 0 Å². The Bertz CT molecular complexity index is 1010. The number of hydrogen-bond acceptors (Lipinski definition) is 4. The highest BCUT2D eigenvalue weighted by Gasteiger charge is 2.12. The Labute approximate surface area is 153 Å². The second kappa shape index (κ2) is 6.81. The molecule has 2 aromatic carbocycles. The van der Waals surface area contributed by atoms with Crippen LogP contribution < -0.4 is 5.32 Å². The Morgan fingerprint density at radius 3 is 2.32 bits per heavy atom. The lowest BCUT2D eigenvalue weighted by molar-refractivity contribution is 0.102. The Morgan fingerprint density at radius 1 is 1.08 bits per heavy atom. The van der Waals surface area contributed by atoms with Crippen molar-refractivity contribution in [3.8, 4) is 11.3 Å². The van der Waals surface area contributed by atoms with Gasteiger partial charge in [-0.1, -0.05) is 28.1 Å². The number of H-pyrrole nitrogens is 1. The van der Waals surface area contributed by atoms with Crippen molar-refractivity contribution in [2.75, 3.05) is 11.6 Å². The van der Waals surface area contributed by atoms with Gasteiger partial charge in [-0.15, -0.1) is 0 Å². The molecule has 128 valence electrons. The SMILES string of the molecule is CS(=O)(=O)c1ccc(NC(=O)c2cc(-c3ccc(Br)cc3)n[nH]2)cc1. The summed E-state index contributed by atoms with van der Waals surface area (Å²) in [5.41, 5.74) is 2.35. The second-order valence-corrected chi connectivity index (χ2v) is 8.36. The van der Waals surface area contributed by atoms with Crippen LogP contribution in [-0.4, -0.2) is 30.8 Å². The molecule has 0 saturated heterocycles. The number of benzene rings is 2. The van der Waals surface area contributed by atoms with Crippen molar-refractivity contribution in [3.05, 3.63) is 64.8 Å². The van der Waals surface area contributed by atoms with Gasteiger partial charge in [0.2, 0.25) is 0 Å². The topological polar surface area (TPSA) is 91.9 Å². The lowest BCUT2D eigenvalue weighted by atomic mass is 10.1. The highest BCUT2D eigenvalue weighted by Crippen LogP contribution is 2.21. The number of nitrogens with one attached hydrogen (secondary N) is 2. The number of aromatic amines is 1. The van der Waals surface area contributed by atoms with E-state index in [0.29, 0.717) is 17.1 Å². The fourth-order valence-electron chi connectivity index (χ4n) is 2.19. The molecule has 1 aromatic heterocycles. The van der Waals surface area contributed by atoms with E-state index >= 15 is 0 Å². The zero-order valence-corrected chi connectivity index (χ0v) is 15.6. The van der Waals surface area contributed by atoms with Crippen molar-refractivity contribution in [2.24, 2.45) is 0 Å². The number of amides is 1. The molecule has 3 aromatic rings. The van der Waals surface area contributed by atoms with Crippen LogP contribution in [-0.2, 0) is 9.84 Å². The van der Waals surface area contributed by atoms with Gasteiger partial charge in [0.15, 0.2) is 9.84 Å². The molecule has 0 saturated carbocycles. The molecule has 0 unspecified atom stereocenters. The Kier molecular flexibility index (Phi) is 4.73. The highest BCUT2D eigenvalue weighted by atomic mass is 79.9. The maximum absolute atomic E-state index is 12.3. The number of halogens is 1. The summed E-state index contributed by atoms with van der Waals surface area (Å²) in [5.74, 6) is -0.358. The van der Waals surface area contributed by atoms with Gasteiger partial charge in [0.05, 0.1) is 10.6 Å². The van der Waals surface area contributed by atoms with Crippen LogP contribution in [0, 0.1) is 0 Å². The van der Waals surface area contributed by atoms with Crippen LogP contribution in [0.5, 0.6) is 0 Å².